The number of carbonyl (C=O) groups is 1. The molecule has 1 unspecified atom stereocenters. The van der Waals surface area contributed by atoms with Crippen LogP contribution in [0.25, 0.3) is 5.65 Å². The second kappa shape index (κ2) is 4.59. The SMILES string of the molecule is CC1CN(c2nc3ccccn3c2C=O)CC(C)(C)O1. The lowest BCUT2D eigenvalue weighted by atomic mass is 10.1. The minimum absolute atomic E-state index is 0.114. The molecule has 2 aromatic rings. The molecular weight excluding hydrogens is 254 g/mol. The molecular formula is C15H19N3O2. The summed E-state index contributed by atoms with van der Waals surface area (Å²) in [5.74, 6) is 0.745. The van der Waals surface area contributed by atoms with E-state index in [0.717, 1.165) is 30.8 Å². The molecule has 106 valence electrons. The quantitative estimate of drug-likeness (QED) is 0.787. The van der Waals surface area contributed by atoms with Crippen LogP contribution in [0.2, 0.25) is 0 Å². The predicted octanol–water partition coefficient (Wildman–Crippen LogP) is 2.15. The number of carbonyl (C=O) groups excluding carboxylic acids is 1. The summed E-state index contributed by atoms with van der Waals surface area (Å²) in [6.45, 7) is 7.64. The fourth-order valence-corrected chi connectivity index (χ4v) is 2.96. The molecule has 1 atom stereocenters. The van der Waals surface area contributed by atoms with Gasteiger partial charge in [0.05, 0.1) is 11.7 Å². The van der Waals surface area contributed by atoms with E-state index in [1.54, 1.807) is 0 Å². The molecule has 3 rings (SSSR count). The summed E-state index contributed by atoms with van der Waals surface area (Å²) >= 11 is 0. The molecule has 1 fully saturated rings. The summed E-state index contributed by atoms with van der Waals surface area (Å²) in [4.78, 5) is 18.2. The third kappa shape index (κ3) is 2.18. The Morgan fingerprint density at radius 2 is 2.25 bits per heavy atom. The monoisotopic (exact) mass is 273 g/mol. The van der Waals surface area contributed by atoms with Gasteiger partial charge in [-0.2, -0.15) is 0 Å². The summed E-state index contributed by atoms with van der Waals surface area (Å²) in [5, 5.41) is 0. The van der Waals surface area contributed by atoms with Gasteiger partial charge in [-0.05, 0) is 32.9 Å². The lowest BCUT2D eigenvalue weighted by Crippen LogP contribution is -2.52. The van der Waals surface area contributed by atoms with Crippen molar-refractivity contribution in [3.63, 3.8) is 0 Å². The summed E-state index contributed by atoms with van der Waals surface area (Å²) in [6.07, 6.45) is 2.86. The molecule has 1 aliphatic rings. The van der Waals surface area contributed by atoms with Crippen LogP contribution in [0, 0.1) is 0 Å². The van der Waals surface area contributed by atoms with Gasteiger partial charge in [-0.15, -0.1) is 0 Å². The molecule has 1 saturated heterocycles. The maximum Gasteiger partial charge on any atom is 0.170 e. The highest BCUT2D eigenvalue weighted by molar-refractivity contribution is 5.83. The van der Waals surface area contributed by atoms with Gasteiger partial charge in [0.1, 0.15) is 11.3 Å². The van der Waals surface area contributed by atoms with E-state index in [4.69, 9.17) is 4.74 Å². The van der Waals surface area contributed by atoms with E-state index in [2.05, 4.69) is 23.7 Å². The average molecular weight is 273 g/mol. The summed E-state index contributed by atoms with van der Waals surface area (Å²) < 4.78 is 7.74. The normalized spacial score (nSPS) is 22.1. The van der Waals surface area contributed by atoms with Gasteiger partial charge in [-0.3, -0.25) is 9.20 Å². The predicted molar refractivity (Wildman–Crippen MR) is 77.4 cm³/mol. The molecule has 0 bridgehead atoms. The van der Waals surface area contributed by atoms with Crippen LogP contribution in [0.15, 0.2) is 24.4 Å². The van der Waals surface area contributed by atoms with Crippen LogP contribution in [0.4, 0.5) is 5.82 Å². The van der Waals surface area contributed by atoms with Crippen molar-refractivity contribution in [2.24, 2.45) is 0 Å². The Morgan fingerprint density at radius 1 is 1.45 bits per heavy atom. The Morgan fingerprint density at radius 3 is 2.95 bits per heavy atom. The van der Waals surface area contributed by atoms with Crippen molar-refractivity contribution in [1.82, 2.24) is 9.38 Å². The molecule has 2 aromatic heterocycles. The number of hydrogen-bond donors (Lipinski definition) is 0. The lowest BCUT2D eigenvalue weighted by Gasteiger charge is -2.42. The van der Waals surface area contributed by atoms with Crippen molar-refractivity contribution >= 4 is 17.8 Å². The zero-order valence-electron chi connectivity index (χ0n) is 12.0. The molecule has 0 amide bonds. The highest BCUT2D eigenvalue weighted by Crippen LogP contribution is 2.28. The number of pyridine rings is 1. The Bertz CT molecular complexity index is 648. The van der Waals surface area contributed by atoms with E-state index in [-0.39, 0.29) is 11.7 Å². The molecule has 0 saturated carbocycles. The van der Waals surface area contributed by atoms with Gasteiger partial charge in [0.2, 0.25) is 0 Å². The Labute approximate surface area is 118 Å². The molecule has 0 spiro atoms. The molecule has 0 radical (unpaired) electrons. The van der Waals surface area contributed by atoms with E-state index >= 15 is 0 Å². The van der Waals surface area contributed by atoms with E-state index in [1.807, 2.05) is 35.7 Å². The zero-order valence-corrected chi connectivity index (χ0v) is 12.0. The first-order valence-electron chi connectivity index (χ1n) is 6.85. The molecule has 0 N–H and O–H groups in total. The van der Waals surface area contributed by atoms with Gasteiger partial charge in [0.15, 0.2) is 12.1 Å². The van der Waals surface area contributed by atoms with Gasteiger partial charge in [0.25, 0.3) is 0 Å². The van der Waals surface area contributed by atoms with Crippen LogP contribution < -0.4 is 4.90 Å². The first-order valence-corrected chi connectivity index (χ1v) is 6.85. The van der Waals surface area contributed by atoms with E-state index in [9.17, 15) is 4.79 Å². The van der Waals surface area contributed by atoms with Gasteiger partial charge in [0, 0.05) is 19.3 Å². The van der Waals surface area contributed by atoms with Gasteiger partial charge >= 0.3 is 0 Å². The number of fused-ring (bicyclic) bond motifs is 1. The summed E-state index contributed by atoms with van der Waals surface area (Å²) in [6, 6.07) is 5.73. The van der Waals surface area contributed by atoms with Crippen molar-refractivity contribution in [1.29, 1.82) is 0 Å². The minimum atomic E-state index is -0.242. The topological polar surface area (TPSA) is 46.8 Å². The number of hydrogen-bond acceptors (Lipinski definition) is 4. The first kappa shape index (κ1) is 13.1. The maximum absolute atomic E-state index is 11.5. The van der Waals surface area contributed by atoms with E-state index < -0.39 is 0 Å². The number of aldehydes is 1. The number of rotatable bonds is 2. The number of anilines is 1. The van der Waals surface area contributed by atoms with E-state index in [0.29, 0.717) is 5.69 Å². The fraction of sp³-hybridized carbons (Fsp3) is 0.467. The number of ether oxygens (including phenoxy) is 1. The highest BCUT2D eigenvalue weighted by Gasteiger charge is 2.33. The molecule has 5 nitrogen and oxygen atoms in total. The average Bonchev–Trinajstić information content (AvgIpc) is 2.74. The minimum Gasteiger partial charge on any atom is -0.369 e. The highest BCUT2D eigenvalue weighted by atomic mass is 16.5. The Balaban J connectivity index is 2.07. The van der Waals surface area contributed by atoms with Crippen LogP contribution in [-0.2, 0) is 4.74 Å². The fourth-order valence-electron chi connectivity index (χ4n) is 2.96. The van der Waals surface area contributed by atoms with Crippen LogP contribution >= 0.6 is 0 Å². The van der Waals surface area contributed by atoms with Crippen molar-refractivity contribution in [2.75, 3.05) is 18.0 Å². The molecule has 0 aromatic carbocycles. The van der Waals surface area contributed by atoms with Crippen molar-refractivity contribution < 1.29 is 9.53 Å². The molecule has 1 aliphatic heterocycles. The summed E-state index contributed by atoms with van der Waals surface area (Å²) in [7, 11) is 0. The zero-order chi connectivity index (χ0) is 14.3. The smallest absolute Gasteiger partial charge is 0.170 e. The molecule has 5 heteroatoms. The Kier molecular flexibility index (Phi) is 3.01. The number of aromatic nitrogens is 2. The third-order valence-corrected chi connectivity index (χ3v) is 3.53. The van der Waals surface area contributed by atoms with Gasteiger partial charge in [-0.1, -0.05) is 6.07 Å². The van der Waals surface area contributed by atoms with Gasteiger partial charge < -0.3 is 9.64 Å². The van der Waals surface area contributed by atoms with Crippen LogP contribution in [0.3, 0.4) is 0 Å². The van der Waals surface area contributed by atoms with Gasteiger partial charge in [-0.25, -0.2) is 4.98 Å². The summed E-state index contributed by atoms with van der Waals surface area (Å²) in [5.41, 5.74) is 1.15. The van der Waals surface area contributed by atoms with Crippen LogP contribution in [0.1, 0.15) is 31.3 Å². The molecule has 3 heterocycles. The van der Waals surface area contributed by atoms with Crippen molar-refractivity contribution in [3.05, 3.63) is 30.1 Å². The number of morpholine rings is 1. The molecule has 20 heavy (non-hydrogen) atoms. The standard InChI is InChI=1S/C15H19N3O2/c1-11-8-17(10-15(2,3)20-11)14-12(9-19)18-7-5-4-6-13(18)16-14/h4-7,9,11H,8,10H2,1-3H3. The lowest BCUT2D eigenvalue weighted by molar-refractivity contribution is -0.0751. The van der Waals surface area contributed by atoms with Crippen molar-refractivity contribution in [3.8, 4) is 0 Å². The first-order chi connectivity index (χ1) is 9.50. The van der Waals surface area contributed by atoms with Crippen LogP contribution in [0.5, 0.6) is 0 Å². The number of imidazole rings is 1. The van der Waals surface area contributed by atoms with Crippen molar-refractivity contribution in [2.45, 2.75) is 32.5 Å². The largest absolute Gasteiger partial charge is 0.369 e. The maximum atomic E-state index is 11.5. The second-order valence-corrected chi connectivity index (χ2v) is 5.94. The van der Waals surface area contributed by atoms with Crippen LogP contribution in [-0.4, -0.2) is 40.5 Å². The molecule has 0 aliphatic carbocycles. The number of nitrogens with zero attached hydrogens (tertiary/aromatic N) is 3. The Hall–Kier alpha value is -1.88. The third-order valence-electron chi connectivity index (χ3n) is 3.53. The van der Waals surface area contributed by atoms with E-state index in [1.165, 1.54) is 0 Å². The second-order valence-electron chi connectivity index (χ2n) is 5.94.